The van der Waals surface area contributed by atoms with E-state index in [1.165, 1.54) is 12.1 Å². The van der Waals surface area contributed by atoms with E-state index >= 15 is 0 Å². The van der Waals surface area contributed by atoms with E-state index < -0.39 is 17.3 Å². The summed E-state index contributed by atoms with van der Waals surface area (Å²) in [6.07, 6.45) is 0. The van der Waals surface area contributed by atoms with Gasteiger partial charge in [0.25, 0.3) is 0 Å². The molecule has 110 valence electrons. The number of hydrogen-bond acceptors (Lipinski definition) is 2. The van der Waals surface area contributed by atoms with Crippen LogP contribution >= 0.6 is 11.6 Å². The molecule has 0 radical (unpaired) electrons. The summed E-state index contributed by atoms with van der Waals surface area (Å²) in [5.74, 6) is -1.07. The predicted molar refractivity (Wildman–Crippen MR) is 82.8 cm³/mol. The first-order valence-corrected chi connectivity index (χ1v) is 6.81. The van der Waals surface area contributed by atoms with Crippen LogP contribution in [0.2, 0.25) is 5.02 Å². The van der Waals surface area contributed by atoms with Crippen molar-refractivity contribution >= 4 is 23.2 Å². The SMILES string of the molecule is Cc1cccc(NC(C)(C(N)=O)c2ccc(F)cc2Cl)c1. The van der Waals surface area contributed by atoms with Crippen molar-refractivity contribution in [3.63, 3.8) is 0 Å². The summed E-state index contributed by atoms with van der Waals surface area (Å²) in [4.78, 5) is 12.0. The maximum atomic E-state index is 13.2. The quantitative estimate of drug-likeness (QED) is 0.907. The Morgan fingerprint density at radius 3 is 2.57 bits per heavy atom. The first-order chi connectivity index (χ1) is 9.83. The molecular formula is C16H16ClFN2O. The van der Waals surface area contributed by atoms with Crippen LogP contribution in [0.5, 0.6) is 0 Å². The van der Waals surface area contributed by atoms with Gasteiger partial charge in [-0.15, -0.1) is 0 Å². The highest BCUT2D eigenvalue weighted by Gasteiger charge is 2.35. The monoisotopic (exact) mass is 306 g/mol. The van der Waals surface area contributed by atoms with Gasteiger partial charge < -0.3 is 11.1 Å². The van der Waals surface area contributed by atoms with Crippen molar-refractivity contribution in [2.24, 2.45) is 5.73 Å². The zero-order valence-electron chi connectivity index (χ0n) is 11.8. The second-order valence-electron chi connectivity index (χ2n) is 5.11. The fraction of sp³-hybridized carbons (Fsp3) is 0.188. The molecule has 3 nitrogen and oxygen atoms in total. The Bertz CT molecular complexity index is 690. The van der Waals surface area contributed by atoms with Gasteiger partial charge in [0, 0.05) is 16.3 Å². The predicted octanol–water partition coefficient (Wildman–Crippen LogP) is 3.60. The molecule has 0 heterocycles. The van der Waals surface area contributed by atoms with Gasteiger partial charge in [-0.25, -0.2) is 4.39 Å². The number of rotatable bonds is 4. The van der Waals surface area contributed by atoms with E-state index in [4.69, 9.17) is 17.3 Å². The summed E-state index contributed by atoms with van der Waals surface area (Å²) >= 11 is 6.07. The lowest BCUT2D eigenvalue weighted by Crippen LogP contribution is -2.45. The topological polar surface area (TPSA) is 55.1 Å². The molecule has 0 spiro atoms. The summed E-state index contributed by atoms with van der Waals surface area (Å²) in [5, 5.41) is 3.24. The number of nitrogens with one attached hydrogen (secondary N) is 1. The third kappa shape index (κ3) is 3.16. The van der Waals surface area contributed by atoms with Crippen molar-refractivity contribution in [1.29, 1.82) is 0 Å². The molecule has 2 aromatic carbocycles. The standard InChI is InChI=1S/C16H16ClFN2O/c1-10-4-3-5-12(8-10)20-16(2,15(19)21)13-7-6-11(18)9-14(13)17/h3-9,20H,1-2H3,(H2,19,21). The van der Waals surface area contributed by atoms with Gasteiger partial charge in [0.1, 0.15) is 11.4 Å². The molecule has 0 aliphatic rings. The molecular weight excluding hydrogens is 291 g/mol. The third-order valence-electron chi connectivity index (χ3n) is 3.38. The maximum Gasteiger partial charge on any atom is 0.247 e. The molecule has 0 saturated heterocycles. The number of nitrogens with two attached hydrogens (primary N) is 1. The number of benzene rings is 2. The molecule has 1 atom stereocenters. The number of aryl methyl sites for hydroxylation is 1. The van der Waals surface area contributed by atoms with Crippen LogP contribution in [0.3, 0.4) is 0 Å². The zero-order chi connectivity index (χ0) is 15.6. The van der Waals surface area contributed by atoms with E-state index in [1.807, 2.05) is 31.2 Å². The van der Waals surface area contributed by atoms with Gasteiger partial charge in [0.15, 0.2) is 0 Å². The van der Waals surface area contributed by atoms with E-state index in [0.717, 1.165) is 17.3 Å². The fourth-order valence-corrected chi connectivity index (χ4v) is 2.52. The lowest BCUT2D eigenvalue weighted by atomic mass is 9.90. The second-order valence-corrected chi connectivity index (χ2v) is 5.52. The van der Waals surface area contributed by atoms with Crippen molar-refractivity contribution in [3.8, 4) is 0 Å². The molecule has 3 N–H and O–H groups in total. The van der Waals surface area contributed by atoms with Gasteiger partial charge in [-0.3, -0.25) is 4.79 Å². The Morgan fingerprint density at radius 1 is 1.29 bits per heavy atom. The van der Waals surface area contributed by atoms with Crippen LogP contribution in [0.1, 0.15) is 18.1 Å². The molecule has 1 unspecified atom stereocenters. The van der Waals surface area contributed by atoms with Crippen molar-refractivity contribution in [2.75, 3.05) is 5.32 Å². The molecule has 5 heteroatoms. The zero-order valence-corrected chi connectivity index (χ0v) is 12.5. The van der Waals surface area contributed by atoms with Crippen LogP contribution in [-0.4, -0.2) is 5.91 Å². The van der Waals surface area contributed by atoms with Gasteiger partial charge in [-0.05, 0) is 43.7 Å². The maximum absolute atomic E-state index is 13.2. The minimum atomic E-state index is -1.24. The van der Waals surface area contributed by atoms with Gasteiger partial charge in [0.05, 0.1) is 0 Å². The highest BCUT2D eigenvalue weighted by molar-refractivity contribution is 6.31. The normalized spacial score (nSPS) is 13.5. The second kappa shape index (κ2) is 5.74. The fourth-order valence-electron chi connectivity index (χ4n) is 2.17. The number of primary amides is 1. The molecule has 0 fully saturated rings. The van der Waals surface area contributed by atoms with E-state index in [9.17, 15) is 9.18 Å². The molecule has 21 heavy (non-hydrogen) atoms. The highest BCUT2D eigenvalue weighted by Crippen LogP contribution is 2.32. The van der Waals surface area contributed by atoms with Gasteiger partial charge in [-0.1, -0.05) is 29.8 Å². The van der Waals surface area contributed by atoms with Gasteiger partial charge in [0.2, 0.25) is 5.91 Å². The molecule has 2 aromatic rings. The van der Waals surface area contributed by atoms with E-state index in [2.05, 4.69) is 5.32 Å². The summed E-state index contributed by atoms with van der Waals surface area (Å²) in [5.41, 5.74) is 6.51. The highest BCUT2D eigenvalue weighted by atomic mass is 35.5. The lowest BCUT2D eigenvalue weighted by molar-refractivity contribution is -0.122. The smallest absolute Gasteiger partial charge is 0.247 e. The van der Waals surface area contributed by atoms with E-state index in [-0.39, 0.29) is 5.02 Å². The Kier molecular flexibility index (Phi) is 4.19. The third-order valence-corrected chi connectivity index (χ3v) is 3.69. The van der Waals surface area contributed by atoms with Gasteiger partial charge in [-0.2, -0.15) is 0 Å². The van der Waals surface area contributed by atoms with Crippen molar-refractivity contribution in [3.05, 3.63) is 64.4 Å². The Morgan fingerprint density at radius 2 is 2.00 bits per heavy atom. The van der Waals surface area contributed by atoms with Crippen LogP contribution in [0.15, 0.2) is 42.5 Å². The Labute approximate surface area is 127 Å². The molecule has 0 saturated carbocycles. The van der Waals surface area contributed by atoms with Crippen molar-refractivity contribution in [2.45, 2.75) is 19.4 Å². The minimum absolute atomic E-state index is 0.149. The average molecular weight is 307 g/mol. The summed E-state index contributed by atoms with van der Waals surface area (Å²) in [7, 11) is 0. The van der Waals surface area contributed by atoms with Crippen LogP contribution < -0.4 is 11.1 Å². The molecule has 0 aliphatic heterocycles. The number of hydrogen-bond donors (Lipinski definition) is 2. The first-order valence-electron chi connectivity index (χ1n) is 6.43. The van der Waals surface area contributed by atoms with Crippen LogP contribution in [0.4, 0.5) is 10.1 Å². The first kappa shape index (κ1) is 15.3. The van der Waals surface area contributed by atoms with E-state index in [1.54, 1.807) is 6.92 Å². The molecule has 1 amide bonds. The number of halogens is 2. The Hall–Kier alpha value is -2.07. The number of amides is 1. The Balaban J connectivity index is 2.48. The summed E-state index contributed by atoms with van der Waals surface area (Å²) in [6, 6.07) is 11.4. The number of carbonyl (C=O) groups is 1. The van der Waals surface area contributed by atoms with Crippen LogP contribution in [-0.2, 0) is 10.3 Å². The number of carbonyl (C=O) groups excluding carboxylic acids is 1. The summed E-state index contributed by atoms with van der Waals surface area (Å²) in [6.45, 7) is 3.56. The van der Waals surface area contributed by atoms with E-state index in [0.29, 0.717) is 5.56 Å². The van der Waals surface area contributed by atoms with Crippen LogP contribution in [0, 0.1) is 12.7 Å². The largest absolute Gasteiger partial charge is 0.368 e. The molecule has 2 rings (SSSR count). The van der Waals surface area contributed by atoms with Crippen molar-refractivity contribution in [1.82, 2.24) is 0 Å². The minimum Gasteiger partial charge on any atom is -0.368 e. The average Bonchev–Trinajstić information content (AvgIpc) is 2.38. The summed E-state index contributed by atoms with van der Waals surface area (Å²) < 4.78 is 13.2. The molecule has 0 aliphatic carbocycles. The molecule has 0 bridgehead atoms. The lowest BCUT2D eigenvalue weighted by Gasteiger charge is -2.30. The van der Waals surface area contributed by atoms with Gasteiger partial charge >= 0.3 is 0 Å². The molecule has 0 aromatic heterocycles. The van der Waals surface area contributed by atoms with Crippen molar-refractivity contribution < 1.29 is 9.18 Å². The van der Waals surface area contributed by atoms with Crippen LogP contribution in [0.25, 0.3) is 0 Å². The number of anilines is 1.